The van der Waals surface area contributed by atoms with E-state index >= 15 is 0 Å². The highest BCUT2D eigenvalue weighted by molar-refractivity contribution is 9.09. The van der Waals surface area contributed by atoms with Crippen molar-refractivity contribution in [1.82, 2.24) is 4.98 Å². The van der Waals surface area contributed by atoms with Crippen LogP contribution in [0.15, 0.2) is 24.4 Å². The number of aromatic amines is 1. The van der Waals surface area contributed by atoms with Crippen molar-refractivity contribution in [2.45, 2.75) is 0 Å². The number of rotatable bonds is 2. The van der Waals surface area contributed by atoms with E-state index in [1.54, 1.807) is 12.3 Å². The first-order valence-electron chi connectivity index (χ1n) is 4.08. The average Bonchev–Trinajstić information content (AvgIpc) is 2.59. The molecule has 0 unspecified atom stereocenters. The highest BCUT2D eigenvalue weighted by Gasteiger charge is 2.10. The van der Waals surface area contributed by atoms with Crippen LogP contribution >= 0.6 is 15.9 Å². The van der Waals surface area contributed by atoms with Gasteiger partial charge in [-0.05, 0) is 18.2 Å². The fourth-order valence-electron chi connectivity index (χ4n) is 1.40. The zero-order valence-electron chi connectivity index (χ0n) is 7.18. The summed E-state index contributed by atoms with van der Waals surface area (Å²) in [6.45, 7) is 0. The molecule has 0 amide bonds. The molecule has 0 atom stereocenters. The lowest BCUT2D eigenvalue weighted by Gasteiger charge is -1.94. The molecule has 0 aliphatic heterocycles. The van der Waals surface area contributed by atoms with Crippen molar-refractivity contribution in [2.24, 2.45) is 0 Å². The molecule has 1 heterocycles. The summed E-state index contributed by atoms with van der Waals surface area (Å²) in [4.78, 5) is 14.3. The van der Waals surface area contributed by atoms with E-state index in [2.05, 4.69) is 20.9 Å². The summed E-state index contributed by atoms with van der Waals surface area (Å²) in [5, 5.41) is 0.880. The first-order valence-corrected chi connectivity index (χ1v) is 5.20. The Bertz CT molecular complexity index is 492. The lowest BCUT2D eigenvalue weighted by molar-refractivity contribution is 0.102. The molecule has 4 heteroatoms. The van der Waals surface area contributed by atoms with E-state index in [0.29, 0.717) is 10.9 Å². The maximum absolute atomic E-state index is 12.9. The van der Waals surface area contributed by atoms with Gasteiger partial charge in [-0.15, -0.1) is 0 Å². The number of aromatic nitrogens is 1. The number of nitrogens with one attached hydrogen (secondary N) is 1. The normalized spacial score (nSPS) is 10.7. The van der Waals surface area contributed by atoms with Gasteiger partial charge in [0.1, 0.15) is 5.82 Å². The van der Waals surface area contributed by atoms with Gasteiger partial charge in [-0.3, -0.25) is 4.79 Å². The van der Waals surface area contributed by atoms with Crippen LogP contribution in [0.3, 0.4) is 0 Å². The highest BCUT2D eigenvalue weighted by Crippen LogP contribution is 2.20. The number of H-pyrrole nitrogens is 1. The molecular weight excluding hydrogens is 249 g/mol. The topological polar surface area (TPSA) is 32.9 Å². The molecular formula is C10H7BrFNO. The molecule has 0 radical (unpaired) electrons. The number of Topliss-reactive ketones (excluding diaryl/α,β-unsaturated/α-hetero) is 1. The van der Waals surface area contributed by atoms with Gasteiger partial charge in [0.15, 0.2) is 5.78 Å². The second-order valence-corrected chi connectivity index (χ2v) is 3.51. The van der Waals surface area contributed by atoms with Gasteiger partial charge in [0.2, 0.25) is 0 Å². The smallest absolute Gasteiger partial charge is 0.175 e. The number of benzene rings is 1. The first kappa shape index (κ1) is 9.40. The third kappa shape index (κ3) is 1.46. The summed E-state index contributed by atoms with van der Waals surface area (Å²) < 4.78 is 12.9. The quantitative estimate of drug-likeness (QED) is 0.650. The number of halogens is 2. The van der Waals surface area contributed by atoms with Crippen LogP contribution in [0.4, 0.5) is 4.39 Å². The maximum Gasteiger partial charge on any atom is 0.175 e. The molecule has 1 N–H and O–H groups in total. The van der Waals surface area contributed by atoms with Gasteiger partial charge in [-0.2, -0.15) is 0 Å². The molecule has 0 saturated heterocycles. The predicted molar refractivity (Wildman–Crippen MR) is 56.4 cm³/mol. The van der Waals surface area contributed by atoms with Crippen molar-refractivity contribution in [2.75, 3.05) is 5.33 Å². The SMILES string of the molecule is O=C(CBr)c1c[nH]c2ccc(F)cc12. The number of ketones is 1. The minimum atomic E-state index is -0.333. The van der Waals surface area contributed by atoms with Crippen LogP contribution in [-0.2, 0) is 0 Å². The zero-order chi connectivity index (χ0) is 10.1. The molecule has 2 nitrogen and oxygen atoms in total. The second-order valence-electron chi connectivity index (χ2n) is 2.95. The number of fused-ring (bicyclic) bond motifs is 1. The number of carbonyl (C=O) groups is 1. The van der Waals surface area contributed by atoms with Crippen molar-refractivity contribution in [3.05, 3.63) is 35.8 Å². The maximum atomic E-state index is 12.9. The summed E-state index contributed by atoms with van der Waals surface area (Å²) in [5.74, 6) is -0.387. The minimum absolute atomic E-state index is 0.0538. The Morgan fingerprint density at radius 1 is 1.50 bits per heavy atom. The van der Waals surface area contributed by atoms with E-state index in [9.17, 15) is 9.18 Å². The van der Waals surface area contributed by atoms with Crippen molar-refractivity contribution in [3.63, 3.8) is 0 Å². The summed E-state index contributed by atoms with van der Waals surface area (Å²) >= 11 is 3.08. The van der Waals surface area contributed by atoms with Crippen LogP contribution in [0.25, 0.3) is 10.9 Å². The fourth-order valence-corrected chi connectivity index (χ4v) is 1.70. The molecule has 0 fully saturated rings. The van der Waals surface area contributed by atoms with Crippen LogP contribution in [-0.4, -0.2) is 16.1 Å². The monoisotopic (exact) mass is 255 g/mol. The van der Waals surface area contributed by atoms with Crippen molar-refractivity contribution < 1.29 is 9.18 Å². The van der Waals surface area contributed by atoms with E-state index in [1.165, 1.54) is 12.1 Å². The molecule has 72 valence electrons. The number of alkyl halides is 1. The van der Waals surface area contributed by atoms with E-state index in [-0.39, 0.29) is 16.9 Å². The van der Waals surface area contributed by atoms with E-state index < -0.39 is 0 Å². The van der Waals surface area contributed by atoms with Gasteiger partial charge in [0, 0.05) is 22.7 Å². The average molecular weight is 256 g/mol. The standard InChI is InChI=1S/C10H7BrFNO/c11-4-10(14)8-5-13-9-2-1-6(12)3-7(8)9/h1-3,5,13H,4H2. The molecule has 1 aromatic carbocycles. The molecule has 0 bridgehead atoms. The van der Waals surface area contributed by atoms with Gasteiger partial charge < -0.3 is 4.98 Å². The number of hydrogen-bond acceptors (Lipinski definition) is 1. The molecule has 0 aliphatic rings. The van der Waals surface area contributed by atoms with Crippen LogP contribution in [0, 0.1) is 5.82 Å². The summed E-state index contributed by atoms with van der Waals surface area (Å²) in [6, 6.07) is 4.35. The molecule has 0 saturated carbocycles. The second kappa shape index (κ2) is 3.53. The van der Waals surface area contributed by atoms with Gasteiger partial charge in [-0.25, -0.2) is 4.39 Å². The predicted octanol–water partition coefficient (Wildman–Crippen LogP) is 2.88. The van der Waals surface area contributed by atoms with E-state index in [0.717, 1.165) is 5.52 Å². The molecule has 2 aromatic rings. The number of hydrogen-bond donors (Lipinski definition) is 1. The highest BCUT2D eigenvalue weighted by atomic mass is 79.9. The van der Waals surface area contributed by atoms with Crippen LogP contribution in [0.5, 0.6) is 0 Å². The van der Waals surface area contributed by atoms with Crippen molar-refractivity contribution in [3.8, 4) is 0 Å². The van der Waals surface area contributed by atoms with Gasteiger partial charge in [0.25, 0.3) is 0 Å². The minimum Gasteiger partial charge on any atom is -0.360 e. The van der Waals surface area contributed by atoms with Gasteiger partial charge in [0.05, 0.1) is 5.33 Å². The first-order chi connectivity index (χ1) is 6.72. The summed E-state index contributed by atoms with van der Waals surface area (Å²) in [6.07, 6.45) is 1.60. The summed E-state index contributed by atoms with van der Waals surface area (Å²) in [5.41, 5.74) is 1.30. The Hall–Kier alpha value is -1.16. The van der Waals surface area contributed by atoms with Crippen molar-refractivity contribution >= 4 is 32.6 Å². The van der Waals surface area contributed by atoms with Crippen molar-refractivity contribution in [1.29, 1.82) is 0 Å². The number of carbonyl (C=O) groups excluding carboxylic acids is 1. The molecule has 2 rings (SSSR count). The Labute approximate surface area is 88.2 Å². The largest absolute Gasteiger partial charge is 0.360 e. The molecule has 1 aromatic heterocycles. The Morgan fingerprint density at radius 2 is 2.29 bits per heavy atom. The summed E-state index contributed by atoms with van der Waals surface area (Å²) in [7, 11) is 0. The lowest BCUT2D eigenvalue weighted by atomic mass is 10.1. The van der Waals surface area contributed by atoms with E-state index in [1.807, 2.05) is 0 Å². The van der Waals surface area contributed by atoms with Crippen LogP contribution < -0.4 is 0 Å². The third-order valence-corrected chi connectivity index (χ3v) is 2.57. The lowest BCUT2D eigenvalue weighted by Crippen LogP contribution is -1.97. The Kier molecular flexibility index (Phi) is 2.37. The Morgan fingerprint density at radius 3 is 3.00 bits per heavy atom. The van der Waals surface area contributed by atoms with Gasteiger partial charge >= 0.3 is 0 Å². The Balaban J connectivity index is 2.67. The molecule has 14 heavy (non-hydrogen) atoms. The van der Waals surface area contributed by atoms with Gasteiger partial charge in [-0.1, -0.05) is 15.9 Å². The third-order valence-electron chi connectivity index (χ3n) is 2.07. The molecule has 0 aliphatic carbocycles. The zero-order valence-corrected chi connectivity index (χ0v) is 8.77. The van der Waals surface area contributed by atoms with Crippen LogP contribution in [0.2, 0.25) is 0 Å². The van der Waals surface area contributed by atoms with Crippen LogP contribution in [0.1, 0.15) is 10.4 Å². The molecule has 0 spiro atoms. The van der Waals surface area contributed by atoms with E-state index in [4.69, 9.17) is 0 Å². The fraction of sp³-hybridized carbons (Fsp3) is 0.100.